The van der Waals surface area contributed by atoms with Crippen LogP contribution in [0.1, 0.15) is 17.1 Å². The Kier molecular flexibility index (Phi) is 1.58. The number of hydrogen-bond donors (Lipinski definition) is 1. The van der Waals surface area contributed by atoms with Crippen molar-refractivity contribution in [2.75, 3.05) is 0 Å². The maximum atomic E-state index is 8.64. The minimum absolute atomic E-state index is 0.000324. The maximum Gasteiger partial charge on any atom is 0.132 e. The van der Waals surface area contributed by atoms with Crippen LogP contribution in [0.3, 0.4) is 0 Å². The van der Waals surface area contributed by atoms with Gasteiger partial charge in [-0.1, -0.05) is 0 Å². The van der Waals surface area contributed by atoms with Crippen LogP contribution in [-0.4, -0.2) is 5.11 Å². The topological polar surface area (TPSA) is 33.4 Å². The lowest BCUT2D eigenvalue weighted by Gasteiger charge is -1.87. The van der Waals surface area contributed by atoms with E-state index in [1.165, 1.54) is 0 Å². The Morgan fingerprint density at radius 1 is 1.56 bits per heavy atom. The van der Waals surface area contributed by atoms with E-state index in [0.717, 1.165) is 11.3 Å². The van der Waals surface area contributed by atoms with E-state index in [2.05, 4.69) is 0 Å². The van der Waals surface area contributed by atoms with E-state index in [1.54, 1.807) is 0 Å². The number of aryl methyl sites for hydroxylation is 2. The smallest absolute Gasteiger partial charge is 0.132 e. The second-order valence-electron chi connectivity index (χ2n) is 2.12. The van der Waals surface area contributed by atoms with Crippen LogP contribution in [0.15, 0.2) is 10.5 Å². The molecule has 0 radical (unpaired) electrons. The molecule has 0 aromatic carbocycles. The Labute approximate surface area is 54.1 Å². The SMILES string of the molecule is Cc1cc(C)c(CO)o1. The molecule has 0 spiro atoms. The van der Waals surface area contributed by atoms with Crippen molar-refractivity contribution in [3.05, 3.63) is 23.2 Å². The van der Waals surface area contributed by atoms with E-state index in [-0.39, 0.29) is 6.61 Å². The molecule has 0 saturated heterocycles. The molecular weight excluding hydrogens is 116 g/mol. The van der Waals surface area contributed by atoms with Crippen molar-refractivity contribution in [3.8, 4) is 0 Å². The van der Waals surface area contributed by atoms with Gasteiger partial charge in [0.05, 0.1) is 0 Å². The Morgan fingerprint density at radius 2 is 2.22 bits per heavy atom. The highest BCUT2D eigenvalue weighted by Gasteiger charge is 2.00. The number of rotatable bonds is 1. The third-order valence-electron chi connectivity index (χ3n) is 1.29. The van der Waals surface area contributed by atoms with Crippen LogP contribution in [0.4, 0.5) is 0 Å². The summed E-state index contributed by atoms with van der Waals surface area (Å²) in [5.41, 5.74) is 1.02. The van der Waals surface area contributed by atoms with Gasteiger partial charge in [0.1, 0.15) is 18.1 Å². The molecule has 2 heteroatoms. The molecule has 0 saturated carbocycles. The van der Waals surface area contributed by atoms with Gasteiger partial charge in [-0.25, -0.2) is 0 Å². The molecule has 0 unspecified atom stereocenters. The van der Waals surface area contributed by atoms with Crippen molar-refractivity contribution in [2.24, 2.45) is 0 Å². The van der Waals surface area contributed by atoms with Gasteiger partial charge < -0.3 is 9.52 Å². The third kappa shape index (κ3) is 1.13. The van der Waals surface area contributed by atoms with Crippen molar-refractivity contribution in [1.82, 2.24) is 0 Å². The summed E-state index contributed by atoms with van der Waals surface area (Å²) < 4.78 is 5.11. The molecule has 1 aromatic heterocycles. The molecule has 1 aromatic rings. The fourth-order valence-corrected chi connectivity index (χ4v) is 0.847. The molecule has 1 heterocycles. The van der Waals surface area contributed by atoms with E-state index in [1.807, 2.05) is 19.9 Å². The minimum atomic E-state index is -0.000324. The Bertz CT molecular complexity index is 201. The summed E-state index contributed by atoms with van der Waals surface area (Å²) in [7, 11) is 0. The van der Waals surface area contributed by atoms with Crippen LogP contribution in [-0.2, 0) is 6.61 Å². The van der Waals surface area contributed by atoms with Gasteiger partial charge in [0.25, 0.3) is 0 Å². The average Bonchev–Trinajstić information content (AvgIpc) is 2.10. The summed E-state index contributed by atoms with van der Waals surface area (Å²) in [6.07, 6.45) is 0. The zero-order chi connectivity index (χ0) is 6.85. The lowest BCUT2D eigenvalue weighted by molar-refractivity contribution is 0.244. The van der Waals surface area contributed by atoms with Gasteiger partial charge in [0.2, 0.25) is 0 Å². The molecule has 0 fully saturated rings. The molecule has 1 N–H and O–H groups in total. The molecule has 0 amide bonds. The Balaban J connectivity index is 3.01. The number of furan rings is 1. The number of hydrogen-bond acceptors (Lipinski definition) is 2. The van der Waals surface area contributed by atoms with Crippen molar-refractivity contribution in [2.45, 2.75) is 20.5 Å². The summed E-state index contributed by atoms with van der Waals surface area (Å²) in [5.74, 6) is 1.53. The first-order valence-electron chi connectivity index (χ1n) is 2.91. The van der Waals surface area contributed by atoms with Gasteiger partial charge in [-0.05, 0) is 25.5 Å². The fourth-order valence-electron chi connectivity index (χ4n) is 0.847. The van der Waals surface area contributed by atoms with Crippen molar-refractivity contribution >= 4 is 0 Å². The summed E-state index contributed by atoms with van der Waals surface area (Å²) in [6.45, 7) is 3.79. The van der Waals surface area contributed by atoms with Crippen LogP contribution in [0.25, 0.3) is 0 Å². The van der Waals surface area contributed by atoms with E-state index in [9.17, 15) is 0 Å². The number of aliphatic hydroxyl groups is 1. The van der Waals surface area contributed by atoms with Crippen molar-refractivity contribution in [1.29, 1.82) is 0 Å². The van der Waals surface area contributed by atoms with Gasteiger partial charge in [-0.2, -0.15) is 0 Å². The van der Waals surface area contributed by atoms with E-state index in [4.69, 9.17) is 9.52 Å². The molecule has 9 heavy (non-hydrogen) atoms. The molecular formula is C7H10O2. The van der Waals surface area contributed by atoms with Gasteiger partial charge in [-0.3, -0.25) is 0 Å². The van der Waals surface area contributed by atoms with Gasteiger partial charge in [-0.15, -0.1) is 0 Å². The second-order valence-corrected chi connectivity index (χ2v) is 2.12. The zero-order valence-electron chi connectivity index (χ0n) is 5.64. The first-order chi connectivity index (χ1) is 4.24. The van der Waals surface area contributed by atoms with Crippen LogP contribution in [0, 0.1) is 13.8 Å². The van der Waals surface area contributed by atoms with E-state index < -0.39 is 0 Å². The molecule has 50 valence electrons. The highest BCUT2D eigenvalue weighted by Crippen LogP contribution is 2.12. The summed E-state index contributed by atoms with van der Waals surface area (Å²) >= 11 is 0. The normalized spacial score (nSPS) is 10.1. The predicted octanol–water partition coefficient (Wildman–Crippen LogP) is 1.39. The maximum absolute atomic E-state index is 8.64. The second kappa shape index (κ2) is 2.23. The predicted molar refractivity (Wildman–Crippen MR) is 34.1 cm³/mol. The van der Waals surface area contributed by atoms with Crippen LogP contribution >= 0.6 is 0 Å². The molecule has 0 aliphatic rings. The van der Waals surface area contributed by atoms with Crippen LogP contribution in [0.2, 0.25) is 0 Å². The molecule has 0 bridgehead atoms. The standard InChI is InChI=1S/C7H10O2/c1-5-3-6(2)9-7(5)4-8/h3,8H,4H2,1-2H3. The van der Waals surface area contributed by atoms with Crippen molar-refractivity contribution < 1.29 is 9.52 Å². The van der Waals surface area contributed by atoms with Gasteiger partial charge in [0.15, 0.2) is 0 Å². The largest absolute Gasteiger partial charge is 0.464 e. The molecule has 0 atom stereocenters. The monoisotopic (exact) mass is 126 g/mol. The average molecular weight is 126 g/mol. The van der Waals surface area contributed by atoms with Crippen LogP contribution < -0.4 is 0 Å². The van der Waals surface area contributed by atoms with Gasteiger partial charge >= 0.3 is 0 Å². The van der Waals surface area contributed by atoms with E-state index >= 15 is 0 Å². The molecule has 1 rings (SSSR count). The zero-order valence-corrected chi connectivity index (χ0v) is 5.64. The van der Waals surface area contributed by atoms with E-state index in [0.29, 0.717) is 5.76 Å². The Morgan fingerprint density at radius 3 is 2.44 bits per heavy atom. The summed E-state index contributed by atoms with van der Waals surface area (Å²) in [5, 5.41) is 8.64. The van der Waals surface area contributed by atoms with Gasteiger partial charge in [0, 0.05) is 0 Å². The first-order valence-corrected chi connectivity index (χ1v) is 2.91. The lowest BCUT2D eigenvalue weighted by atomic mass is 10.3. The fraction of sp³-hybridized carbons (Fsp3) is 0.429. The lowest BCUT2D eigenvalue weighted by Crippen LogP contribution is -1.79. The van der Waals surface area contributed by atoms with Crippen LogP contribution in [0.5, 0.6) is 0 Å². The third-order valence-corrected chi connectivity index (χ3v) is 1.29. The molecule has 2 nitrogen and oxygen atoms in total. The minimum Gasteiger partial charge on any atom is -0.464 e. The quantitative estimate of drug-likeness (QED) is 0.616. The Hall–Kier alpha value is -0.760. The molecule has 0 aliphatic heterocycles. The summed E-state index contributed by atoms with van der Waals surface area (Å²) in [6, 6.07) is 1.91. The molecule has 0 aliphatic carbocycles. The highest BCUT2D eigenvalue weighted by molar-refractivity contribution is 5.18. The highest BCUT2D eigenvalue weighted by atomic mass is 16.4. The van der Waals surface area contributed by atoms with Crippen molar-refractivity contribution in [3.63, 3.8) is 0 Å². The first kappa shape index (κ1) is 6.36. The number of aliphatic hydroxyl groups excluding tert-OH is 1. The summed E-state index contributed by atoms with van der Waals surface area (Å²) in [4.78, 5) is 0.